The highest BCUT2D eigenvalue weighted by atomic mass is 35.5. The van der Waals surface area contributed by atoms with Gasteiger partial charge < -0.3 is 14.8 Å². The molecule has 1 heterocycles. The number of hydrogen-bond donors (Lipinski definition) is 1. The van der Waals surface area contributed by atoms with Crippen LogP contribution in [0.4, 0.5) is 0 Å². The van der Waals surface area contributed by atoms with E-state index in [4.69, 9.17) is 9.47 Å². The van der Waals surface area contributed by atoms with E-state index in [1.807, 2.05) is 24.3 Å². The lowest BCUT2D eigenvalue weighted by atomic mass is 10.2. The first-order valence-electron chi connectivity index (χ1n) is 4.40. The first-order valence-corrected chi connectivity index (χ1v) is 4.40. The van der Waals surface area contributed by atoms with Crippen molar-refractivity contribution in [3.8, 4) is 11.5 Å². The highest BCUT2D eigenvalue weighted by molar-refractivity contribution is 5.85. The van der Waals surface area contributed by atoms with Crippen LogP contribution in [0.25, 0.3) is 0 Å². The van der Waals surface area contributed by atoms with Crippen LogP contribution in [0.3, 0.4) is 0 Å². The normalized spacial score (nSPS) is 15.2. The van der Waals surface area contributed by atoms with Gasteiger partial charge in [-0.15, -0.1) is 12.4 Å². The van der Waals surface area contributed by atoms with Gasteiger partial charge >= 0.3 is 0 Å². The van der Waals surface area contributed by atoms with Crippen molar-refractivity contribution in [1.29, 1.82) is 0 Å². The molecule has 3 nitrogen and oxygen atoms in total. The fourth-order valence-corrected chi connectivity index (χ4v) is 1.21. The maximum absolute atomic E-state index is 5.65. The summed E-state index contributed by atoms with van der Waals surface area (Å²) in [5.41, 5.74) is 0. The Labute approximate surface area is 89.8 Å². The first-order chi connectivity index (χ1) is 6.38. The highest BCUT2D eigenvalue weighted by Gasteiger charge is 2.18. The summed E-state index contributed by atoms with van der Waals surface area (Å²) in [6.45, 7) is 1.88. The summed E-state index contributed by atoms with van der Waals surface area (Å²) in [4.78, 5) is 0. The number of nitrogens with one attached hydrogen (secondary N) is 1. The molecular weight excluding hydrogens is 202 g/mol. The minimum Gasteiger partial charge on any atom is -0.497 e. The zero-order valence-corrected chi connectivity index (χ0v) is 8.84. The van der Waals surface area contributed by atoms with E-state index in [-0.39, 0.29) is 12.4 Å². The van der Waals surface area contributed by atoms with Crippen molar-refractivity contribution in [2.75, 3.05) is 20.2 Å². The fourth-order valence-electron chi connectivity index (χ4n) is 1.21. The Hall–Kier alpha value is -0.930. The Morgan fingerprint density at radius 3 is 2.57 bits per heavy atom. The molecule has 0 aromatic heterocycles. The summed E-state index contributed by atoms with van der Waals surface area (Å²) >= 11 is 0. The average molecular weight is 216 g/mol. The minimum absolute atomic E-state index is 0. The molecule has 1 N–H and O–H groups in total. The molecule has 1 aromatic carbocycles. The Morgan fingerprint density at radius 1 is 1.29 bits per heavy atom. The number of ether oxygens (including phenoxy) is 2. The Kier molecular flexibility index (Phi) is 4.04. The van der Waals surface area contributed by atoms with Crippen LogP contribution < -0.4 is 14.8 Å². The van der Waals surface area contributed by atoms with Crippen molar-refractivity contribution >= 4 is 12.4 Å². The van der Waals surface area contributed by atoms with Crippen LogP contribution in [-0.2, 0) is 0 Å². The standard InChI is InChI=1S/C10H13NO2.ClH/c1-12-8-3-2-4-9(5-8)13-10-6-11-7-10;/h2-5,10-11H,6-7H2,1H3;1H. The van der Waals surface area contributed by atoms with Crippen molar-refractivity contribution in [2.24, 2.45) is 0 Å². The molecule has 0 saturated carbocycles. The Bertz CT molecular complexity index is 289. The highest BCUT2D eigenvalue weighted by Crippen LogP contribution is 2.20. The van der Waals surface area contributed by atoms with Gasteiger partial charge in [0.1, 0.15) is 17.6 Å². The van der Waals surface area contributed by atoms with Gasteiger partial charge in [-0.3, -0.25) is 0 Å². The molecule has 0 aliphatic carbocycles. The molecule has 1 saturated heterocycles. The summed E-state index contributed by atoms with van der Waals surface area (Å²) in [5, 5.41) is 3.15. The molecule has 0 unspecified atom stereocenters. The molecule has 1 fully saturated rings. The predicted molar refractivity (Wildman–Crippen MR) is 57.5 cm³/mol. The minimum atomic E-state index is 0. The molecule has 4 heteroatoms. The summed E-state index contributed by atoms with van der Waals surface area (Å²) < 4.78 is 10.7. The Morgan fingerprint density at radius 2 is 2.00 bits per heavy atom. The molecule has 0 amide bonds. The van der Waals surface area contributed by atoms with Crippen LogP contribution in [0.2, 0.25) is 0 Å². The van der Waals surface area contributed by atoms with Crippen molar-refractivity contribution in [3.05, 3.63) is 24.3 Å². The number of halogens is 1. The number of methoxy groups -OCH3 is 1. The molecule has 2 rings (SSSR count). The second-order valence-electron chi connectivity index (χ2n) is 3.08. The number of hydrogen-bond acceptors (Lipinski definition) is 3. The molecule has 0 spiro atoms. The molecule has 14 heavy (non-hydrogen) atoms. The van der Waals surface area contributed by atoms with Crippen LogP contribution in [0.15, 0.2) is 24.3 Å². The van der Waals surface area contributed by atoms with Gasteiger partial charge in [0, 0.05) is 19.2 Å². The van der Waals surface area contributed by atoms with Crippen molar-refractivity contribution in [3.63, 3.8) is 0 Å². The van der Waals surface area contributed by atoms with E-state index in [0.29, 0.717) is 6.10 Å². The van der Waals surface area contributed by atoms with Gasteiger partial charge in [-0.2, -0.15) is 0 Å². The lowest BCUT2D eigenvalue weighted by Gasteiger charge is -2.27. The zero-order chi connectivity index (χ0) is 9.10. The molecule has 1 aliphatic heterocycles. The monoisotopic (exact) mass is 215 g/mol. The lowest BCUT2D eigenvalue weighted by Crippen LogP contribution is -2.50. The topological polar surface area (TPSA) is 30.5 Å². The summed E-state index contributed by atoms with van der Waals surface area (Å²) in [6.07, 6.45) is 0.326. The SMILES string of the molecule is COc1cccc(OC2CNC2)c1.Cl. The molecule has 78 valence electrons. The van der Waals surface area contributed by atoms with Crippen molar-refractivity contribution in [2.45, 2.75) is 6.10 Å². The van der Waals surface area contributed by atoms with Crippen molar-refractivity contribution in [1.82, 2.24) is 5.32 Å². The second-order valence-corrected chi connectivity index (χ2v) is 3.08. The zero-order valence-electron chi connectivity index (χ0n) is 8.03. The smallest absolute Gasteiger partial charge is 0.123 e. The van der Waals surface area contributed by atoms with E-state index in [1.165, 1.54) is 0 Å². The third-order valence-corrected chi connectivity index (χ3v) is 2.09. The van der Waals surface area contributed by atoms with Gasteiger partial charge in [0.15, 0.2) is 0 Å². The lowest BCUT2D eigenvalue weighted by molar-refractivity contribution is 0.142. The molecule has 0 atom stereocenters. The van der Waals surface area contributed by atoms with Crippen molar-refractivity contribution < 1.29 is 9.47 Å². The van der Waals surface area contributed by atoms with Gasteiger partial charge in [0.25, 0.3) is 0 Å². The van der Waals surface area contributed by atoms with E-state index in [9.17, 15) is 0 Å². The fraction of sp³-hybridized carbons (Fsp3) is 0.400. The van der Waals surface area contributed by atoms with Crippen LogP contribution >= 0.6 is 12.4 Å². The average Bonchev–Trinajstić information content (AvgIpc) is 2.12. The third-order valence-electron chi connectivity index (χ3n) is 2.09. The quantitative estimate of drug-likeness (QED) is 0.829. The van der Waals surface area contributed by atoms with E-state index in [2.05, 4.69) is 5.32 Å². The maximum Gasteiger partial charge on any atom is 0.123 e. The molecule has 0 bridgehead atoms. The predicted octanol–water partition coefficient (Wildman–Crippen LogP) is 1.47. The van der Waals surface area contributed by atoms with Crippen LogP contribution in [0.1, 0.15) is 0 Å². The first kappa shape index (κ1) is 11.1. The molecule has 1 aliphatic rings. The number of rotatable bonds is 3. The van der Waals surface area contributed by atoms with E-state index < -0.39 is 0 Å². The summed E-state index contributed by atoms with van der Waals surface area (Å²) in [7, 11) is 1.66. The van der Waals surface area contributed by atoms with E-state index in [0.717, 1.165) is 24.6 Å². The summed E-state index contributed by atoms with van der Waals surface area (Å²) in [6, 6.07) is 7.69. The number of benzene rings is 1. The van der Waals surface area contributed by atoms with Gasteiger partial charge in [-0.05, 0) is 12.1 Å². The maximum atomic E-state index is 5.65. The largest absolute Gasteiger partial charge is 0.497 e. The molecular formula is C10H14ClNO2. The van der Waals surface area contributed by atoms with E-state index >= 15 is 0 Å². The summed E-state index contributed by atoms with van der Waals surface area (Å²) in [5.74, 6) is 1.72. The van der Waals surface area contributed by atoms with Gasteiger partial charge in [0.2, 0.25) is 0 Å². The Balaban J connectivity index is 0.000000980. The second kappa shape index (κ2) is 5.08. The van der Waals surface area contributed by atoms with Crippen LogP contribution in [0.5, 0.6) is 11.5 Å². The third kappa shape index (κ3) is 2.53. The van der Waals surface area contributed by atoms with Crippen LogP contribution in [-0.4, -0.2) is 26.3 Å². The van der Waals surface area contributed by atoms with Gasteiger partial charge in [0.05, 0.1) is 7.11 Å². The van der Waals surface area contributed by atoms with Gasteiger partial charge in [-0.25, -0.2) is 0 Å². The van der Waals surface area contributed by atoms with Gasteiger partial charge in [-0.1, -0.05) is 6.07 Å². The van der Waals surface area contributed by atoms with Crippen LogP contribution in [0, 0.1) is 0 Å². The molecule has 1 aromatic rings. The molecule has 0 radical (unpaired) electrons. The van der Waals surface area contributed by atoms with E-state index in [1.54, 1.807) is 7.11 Å².